The summed E-state index contributed by atoms with van der Waals surface area (Å²) in [7, 11) is -4.02. The number of non-ortho nitro benzene ring substituents is 1. The lowest BCUT2D eigenvalue weighted by molar-refractivity contribution is -0.384. The summed E-state index contributed by atoms with van der Waals surface area (Å²) in [6, 6.07) is 4.46. The van der Waals surface area contributed by atoms with Crippen molar-refractivity contribution in [2.24, 2.45) is 0 Å². The number of aliphatic hydroxyl groups is 1. The topological polar surface area (TPSA) is 107 Å². The Morgan fingerprint density at radius 1 is 1.20 bits per heavy atom. The fourth-order valence-electron chi connectivity index (χ4n) is 2.14. The van der Waals surface area contributed by atoms with Crippen molar-refractivity contribution in [2.45, 2.75) is 42.8 Å². The first kappa shape index (κ1) is 14.9. The molecule has 0 saturated heterocycles. The van der Waals surface area contributed by atoms with Crippen LogP contribution >= 0.6 is 0 Å². The molecule has 20 heavy (non-hydrogen) atoms. The minimum atomic E-state index is -4.02. The molecule has 0 aliphatic heterocycles. The van der Waals surface area contributed by atoms with Gasteiger partial charge in [0.2, 0.25) is 0 Å². The van der Waals surface area contributed by atoms with Crippen LogP contribution in [0.1, 0.15) is 25.7 Å². The Bertz CT molecular complexity index is 582. The van der Waals surface area contributed by atoms with E-state index >= 15 is 0 Å². The molecule has 0 aromatic heterocycles. The van der Waals surface area contributed by atoms with Crippen LogP contribution in [0.2, 0.25) is 0 Å². The minimum Gasteiger partial charge on any atom is -0.390 e. The third kappa shape index (κ3) is 3.33. The van der Waals surface area contributed by atoms with Crippen molar-refractivity contribution >= 4 is 15.8 Å². The first-order valence-electron chi connectivity index (χ1n) is 6.26. The molecular formula is C12H15NO6S. The summed E-state index contributed by atoms with van der Waals surface area (Å²) >= 11 is 0. The fraction of sp³-hybridized carbons (Fsp3) is 0.500. The van der Waals surface area contributed by atoms with E-state index in [4.69, 9.17) is 4.18 Å². The summed E-state index contributed by atoms with van der Waals surface area (Å²) < 4.78 is 29.1. The van der Waals surface area contributed by atoms with Gasteiger partial charge in [0.15, 0.2) is 0 Å². The molecule has 0 amide bonds. The van der Waals surface area contributed by atoms with E-state index in [-0.39, 0.29) is 10.6 Å². The molecule has 2 rings (SSSR count). The van der Waals surface area contributed by atoms with Crippen LogP contribution in [0.5, 0.6) is 0 Å². The van der Waals surface area contributed by atoms with Crippen molar-refractivity contribution in [3.8, 4) is 0 Å². The van der Waals surface area contributed by atoms with E-state index in [0.717, 1.165) is 37.1 Å². The van der Waals surface area contributed by atoms with Crippen molar-refractivity contribution in [2.75, 3.05) is 0 Å². The van der Waals surface area contributed by atoms with Crippen LogP contribution in [-0.2, 0) is 14.3 Å². The zero-order valence-corrected chi connectivity index (χ0v) is 11.5. The normalized spacial score (nSPS) is 23.4. The average molecular weight is 301 g/mol. The highest BCUT2D eigenvalue weighted by molar-refractivity contribution is 7.86. The Morgan fingerprint density at radius 3 is 2.35 bits per heavy atom. The zero-order chi connectivity index (χ0) is 14.8. The predicted molar refractivity (Wildman–Crippen MR) is 69.6 cm³/mol. The summed E-state index contributed by atoms with van der Waals surface area (Å²) in [4.78, 5) is 9.75. The van der Waals surface area contributed by atoms with Crippen LogP contribution in [0.25, 0.3) is 0 Å². The minimum absolute atomic E-state index is 0.152. The van der Waals surface area contributed by atoms with E-state index in [2.05, 4.69) is 0 Å². The largest absolute Gasteiger partial charge is 0.390 e. The molecule has 1 aliphatic carbocycles. The van der Waals surface area contributed by atoms with Crippen LogP contribution in [0.3, 0.4) is 0 Å². The third-order valence-corrected chi connectivity index (χ3v) is 4.60. The summed E-state index contributed by atoms with van der Waals surface area (Å²) in [6.45, 7) is 0. The van der Waals surface area contributed by atoms with Gasteiger partial charge in [-0.3, -0.25) is 14.3 Å². The van der Waals surface area contributed by atoms with E-state index in [9.17, 15) is 23.6 Å². The molecule has 1 aromatic rings. The Balaban J connectivity index is 2.15. The van der Waals surface area contributed by atoms with Crippen LogP contribution in [0.15, 0.2) is 29.2 Å². The lowest BCUT2D eigenvalue weighted by Gasteiger charge is -2.26. The van der Waals surface area contributed by atoms with Gasteiger partial charge in [-0.15, -0.1) is 0 Å². The second-order valence-electron chi connectivity index (χ2n) is 4.69. The number of rotatable bonds is 4. The predicted octanol–water partition coefficient (Wildman–Crippen LogP) is 1.60. The maximum Gasteiger partial charge on any atom is 0.297 e. The number of aliphatic hydroxyl groups excluding tert-OH is 1. The van der Waals surface area contributed by atoms with Crippen molar-refractivity contribution in [3.05, 3.63) is 34.4 Å². The van der Waals surface area contributed by atoms with Gasteiger partial charge in [-0.25, -0.2) is 0 Å². The van der Waals surface area contributed by atoms with E-state index in [0.29, 0.717) is 12.8 Å². The van der Waals surface area contributed by atoms with Crippen molar-refractivity contribution in [1.29, 1.82) is 0 Å². The molecule has 1 N–H and O–H groups in total. The standard InChI is InChI=1S/C12H15NO6S/c14-11-3-1-2-4-12(11)19-20(17,18)10-7-5-9(6-8-10)13(15)16/h5-8,11-12,14H,1-4H2/t11-,12+/m1/s1. The number of nitro groups is 1. The zero-order valence-electron chi connectivity index (χ0n) is 10.6. The number of benzene rings is 1. The molecule has 1 aromatic carbocycles. The molecule has 1 fully saturated rings. The molecule has 0 bridgehead atoms. The highest BCUT2D eigenvalue weighted by Gasteiger charge is 2.29. The monoisotopic (exact) mass is 301 g/mol. The van der Waals surface area contributed by atoms with E-state index in [1.807, 2.05) is 0 Å². The van der Waals surface area contributed by atoms with Gasteiger partial charge in [0.25, 0.3) is 15.8 Å². The van der Waals surface area contributed by atoms with E-state index in [1.54, 1.807) is 0 Å². The summed E-state index contributed by atoms with van der Waals surface area (Å²) in [5.74, 6) is 0. The van der Waals surface area contributed by atoms with Gasteiger partial charge in [0, 0.05) is 12.1 Å². The molecular weight excluding hydrogens is 286 g/mol. The Kier molecular flexibility index (Phi) is 4.36. The summed E-state index contributed by atoms with van der Waals surface area (Å²) in [5, 5.41) is 20.2. The fourth-order valence-corrected chi connectivity index (χ4v) is 3.27. The summed E-state index contributed by atoms with van der Waals surface area (Å²) in [5.41, 5.74) is -0.193. The van der Waals surface area contributed by atoms with Crippen molar-refractivity contribution in [1.82, 2.24) is 0 Å². The lowest BCUT2D eigenvalue weighted by atomic mass is 9.95. The number of nitrogens with zero attached hydrogens (tertiary/aromatic N) is 1. The smallest absolute Gasteiger partial charge is 0.297 e. The molecule has 0 spiro atoms. The van der Waals surface area contributed by atoms with Gasteiger partial charge in [0.05, 0.1) is 15.9 Å². The van der Waals surface area contributed by atoms with Gasteiger partial charge in [-0.1, -0.05) is 12.8 Å². The quantitative estimate of drug-likeness (QED) is 0.514. The second kappa shape index (κ2) is 5.86. The number of nitro benzene ring substituents is 1. The highest BCUT2D eigenvalue weighted by Crippen LogP contribution is 2.25. The molecule has 1 saturated carbocycles. The Labute approximate surface area is 116 Å². The van der Waals surface area contributed by atoms with Crippen LogP contribution < -0.4 is 0 Å². The maximum absolute atomic E-state index is 12.0. The third-order valence-electron chi connectivity index (χ3n) is 3.25. The maximum atomic E-state index is 12.0. The first-order valence-corrected chi connectivity index (χ1v) is 7.67. The Morgan fingerprint density at radius 2 is 1.80 bits per heavy atom. The second-order valence-corrected chi connectivity index (χ2v) is 6.26. The molecule has 8 heteroatoms. The molecule has 110 valence electrons. The number of hydrogen-bond acceptors (Lipinski definition) is 6. The van der Waals surface area contributed by atoms with Gasteiger partial charge in [-0.05, 0) is 25.0 Å². The molecule has 7 nitrogen and oxygen atoms in total. The lowest BCUT2D eigenvalue weighted by Crippen LogP contribution is -2.34. The Hall–Kier alpha value is -1.51. The average Bonchev–Trinajstić information content (AvgIpc) is 2.41. The van der Waals surface area contributed by atoms with E-state index in [1.165, 1.54) is 0 Å². The van der Waals surface area contributed by atoms with Gasteiger partial charge < -0.3 is 5.11 Å². The molecule has 0 heterocycles. The molecule has 2 atom stereocenters. The van der Waals surface area contributed by atoms with Gasteiger partial charge >= 0.3 is 0 Å². The van der Waals surface area contributed by atoms with Crippen LogP contribution in [0, 0.1) is 10.1 Å². The van der Waals surface area contributed by atoms with Gasteiger partial charge in [0.1, 0.15) is 6.10 Å². The number of hydrogen-bond donors (Lipinski definition) is 1. The van der Waals surface area contributed by atoms with Gasteiger partial charge in [-0.2, -0.15) is 8.42 Å². The molecule has 0 radical (unpaired) electrons. The molecule has 1 aliphatic rings. The highest BCUT2D eigenvalue weighted by atomic mass is 32.2. The van der Waals surface area contributed by atoms with Crippen LogP contribution in [-0.4, -0.2) is 30.7 Å². The van der Waals surface area contributed by atoms with Crippen molar-refractivity contribution < 1.29 is 22.6 Å². The van der Waals surface area contributed by atoms with E-state index < -0.39 is 27.2 Å². The summed E-state index contributed by atoms with van der Waals surface area (Å²) in [6.07, 6.45) is 1.10. The SMILES string of the molecule is O=[N+]([O-])c1ccc(S(=O)(=O)O[C@H]2CCCC[C@H]2O)cc1. The van der Waals surface area contributed by atoms with Crippen molar-refractivity contribution in [3.63, 3.8) is 0 Å². The first-order chi connectivity index (χ1) is 9.40. The van der Waals surface area contributed by atoms with Crippen LogP contribution in [0.4, 0.5) is 5.69 Å². The molecule has 0 unspecified atom stereocenters.